The molecule has 0 saturated heterocycles. The first-order chi connectivity index (χ1) is 14.8. The molecule has 0 atom stereocenters. The van der Waals surface area contributed by atoms with Gasteiger partial charge < -0.3 is 9.88 Å². The SMILES string of the molecule is Cc1ccc(C)n1-c1ccc(C(=O)Nc2cccc(S(=O)(=O)NC3=NCCC3)c2)cc1. The molecule has 31 heavy (non-hydrogen) atoms. The smallest absolute Gasteiger partial charge is 0.262 e. The molecule has 1 aliphatic rings. The van der Waals surface area contributed by atoms with Gasteiger partial charge in [-0.05, 0) is 74.9 Å². The molecule has 8 heteroatoms. The minimum absolute atomic E-state index is 0.0776. The zero-order valence-electron chi connectivity index (χ0n) is 17.4. The molecule has 1 amide bonds. The van der Waals surface area contributed by atoms with Gasteiger partial charge in [0.15, 0.2) is 0 Å². The lowest BCUT2D eigenvalue weighted by molar-refractivity contribution is 0.102. The Morgan fingerprint density at radius 3 is 2.35 bits per heavy atom. The fourth-order valence-corrected chi connectivity index (χ4v) is 4.75. The number of aryl methyl sites for hydroxylation is 2. The van der Waals surface area contributed by atoms with Crippen LogP contribution in [-0.2, 0) is 10.0 Å². The van der Waals surface area contributed by atoms with Gasteiger partial charge in [-0.1, -0.05) is 6.07 Å². The van der Waals surface area contributed by atoms with E-state index in [0.29, 0.717) is 30.1 Å². The second-order valence-corrected chi connectivity index (χ2v) is 9.20. The standard InChI is InChI=1S/C23H24N4O3S/c1-16-8-9-17(2)27(16)20-12-10-18(11-13-20)23(28)25-19-5-3-6-21(15-19)31(29,30)26-22-7-4-14-24-22/h3,5-6,8-13,15H,4,7,14H2,1-2H3,(H,24,26)(H,25,28). The number of carbonyl (C=O) groups excluding carboxylic acids is 1. The van der Waals surface area contributed by atoms with E-state index < -0.39 is 10.0 Å². The molecule has 1 aromatic heterocycles. The number of hydrogen-bond donors (Lipinski definition) is 2. The average molecular weight is 437 g/mol. The Kier molecular flexibility index (Phi) is 5.65. The third kappa shape index (κ3) is 4.54. The van der Waals surface area contributed by atoms with Gasteiger partial charge in [-0.25, -0.2) is 8.42 Å². The van der Waals surface area contributed by atoms with Crippen LogP contribution in [0.5, 0.6) is 0 Å². The molecule has 0 aliphatic carbocycles. The monoisotopic (exact) mass is 436 g/mol. The van der Waals surface area contributed by atoms with Gasteiger partial charge in [0.05, 0.1) is 4.90 Å². The van der Waals surface area contributed by atoms with Crippen LogP contribution in [0.15, 0.2) is 70.6 Å². The van der Waals surface area contributed by atoms with Crippen molar-refractivity contribution in [2.24, 2.45) is 4.99 Å². The van der Waals surface area contributed by atoms with Crippen molar-refractivity contribution < 1.29 is 13.2 Å². The summed E-state index contributed by atoms with van der Waals surface area (Å²) in [4.78, 5) is 16.9. The van der Waals surface area contributed by atoms with E-state index in [1.54, 1.807) is 24.3 Å². The second kappa shape index (κ2) is 8.39. The summed E-state index contributed by atoms with van der Waals surface area (Å²) in [6.07, 6.45) is 1.46. The van der Waals surface area contributed by atoms with Crippen molar-refractivity contribution >= 4 is 27.5 Å². The molecule has 2 heterocycles. The van der Waals surface area contributed by atoms with E-state index in [9.17, 15) is 13.2 Å². The van der Waals surface area contributed by atoms with E-state index in [1.165, 1.54) is 12.1 Å². The first-order valence-electron chi connectivity index (χ1n) is 10.1. The summed E-state index contributed by atoms with van der Waals surface area (Å²) in [7, 11) is -3.74. The summed E-state index contributed by atoms with van der Waals surface area (Å²) in [5.41, 5.74) is 4.10. The van der Waals surface area contributed by atoms with Gasteiger partial charge in [-0.3, -0.25) is 14.5 Å². The average Bonchev–Trinajstić information content (AvgIpc) is 3.37. The summed E-state index contributed by atoms with van der Waals surface area (Å²) in [5, 5.41) is 2.77. The minimum Gasteiger partial charge on any atom is -0.322 e. The van der Waals surface area contributed by atoms with Crippen LogP contribution in [0.1, 0.15) is 34.6 Å². The van der Waals surface area contributed by atoms with Crippen LogP contribution in [0.25, 0.3) is 5.69 Å². The van der Waals surface area contributed by atoms with Gasteiger partial charge in [-0.2, -0.15) is 0 Å². The van der Waals surface area contributed by atoms with Crippen molar-refractivity contribution in [2.75, 3.05) is 11.9 Å². The van der Waals surface area contributed by atoms with Gasteiger partial charge in [-0.15, -0.1) is 0 Å². The summed E-state index contributed by atoms with van der Waals surface area (Å²) >= 11 is 0. The van der Waals surface area contributed by atoms with Gasteiger partial charge in [0.1, 0.15) is 5.84 Å². The van der Waals surface area contributed by atoms with E-state index in [0.717, 1.165) is 23.5 Å². The van der Waals surface area contributed by atoms with E-state index >= 15 is 0 Å². The minimum atomic E-state index is -3.74. The largest absolute Gasteiger partial charge is 0.322 e. The first kappa shape index (κ1) is 20.9. The molecule has 0 bridgehead atoms. The Labute approximate surface area is 181 Å². The van der Waals surface area contributed by atoms with Crippen LogP contribution in [0, 0.1) is 13.8 Å². The summed E-state index contributed by atoms with van der Waals surface area (Å²) in [6, 6.07) is 17.6. The predicted octanol–water partition coefficient (Wildman–Crippen LogP) is 3.82. The molecule has 2 N–H and O–H groups in total. The number of aromatic nitrogens is 1. The van der Waals surface area contributed by atoms with E-state index in [2.05, 4.69) is 19.6 Å². The number of amides is 1. The number of sulfonamides is 1. The summed E-state index contributed by atoms with van der Waals surface area (Å²) in [5.74, 6) is 0.165. The Morgan fingerprint density at radius 1 is 1.00 bits per heavy atom. The molecule has 2 aromatic carbocycles. The highest BCUT2D eigenvalue weighted by atomic mass is 32.2. The third-order valence-corrected chi connectivity index (χ3v) is 6.57. The number of hydrogen-bond acceptors (Lipinski definition) is 4. The van der Waals surface area contributed by atoms with E-state index in [4.69, 9.17) is 0 Å². The molecule has 3 aromatic rings. The predicted molar refractivity (Wildman–Crippen MR) is 121 cm³/mol. The van der Waals surface area contributed by atoms with Crippen molar-refractivity contribution in [1.82, 2.24) is 9.29 Å². The molecule has 0 radical (unpaired) electrons. The van der Waals surface area contributed by atoms with Crippen molar-refractivity contribution in [1.29, 1.82) is 0 Å². The van der Waals surface area contributed by atoms with Crippen molar-refractivity contribution in [2.45, 2.75) is 31.6 Å². The van der Waals surface area contributed by atoms with Crippen LogP contribution in [-0.4, -0.2) is 31.3 Å². The van der Waals surface area contributed by atoms with Crippen LogP contribution in [0.4, 0.5) is 5.69 Å². The van der Waals surface area contributed by atoms with E-state index in [1.807, 2.05) is 38.1 Å². The van der Waals surface area contributed by atoms with Crippen molar-refractivity contribution in [3.63, 3.8) is 0 Å². The van der Waals surface area contributed by atoms with Crippen LogP contribution in [0.3, 0.4) is 0 Å². The Hall–Kier alpha value is -3.39. The molecule has 0 fully saturated rings. The molecule has 4 rings (SSSR count). The Bertz CT molecular complexity index is 1240. The van der Waals surface area contributed by atoms with Gasteiger partial charge >= 0.3 is 0 Å². The molecule has 160 valence electrons. The molecular weight excluding hydrogens is 412 g/mol. The number of rotatable bonds is 5. The fourth-order valence-electron chi connectivity index (χ4n) is 3.62. The molecule has 0 unspecified atom stereocenters. The Morgan fingerprint density at radius 2 is 1.71 bits per heavy atom. The second-order valence-electron chi connectivity index (χ2n) is 7.52. The van der Waals surface area contributed by atoms with Gasteiger partial charge in [0.25, 0.3) is 15.9 Å². The topological polar surface area (TPSA) is 92.6 Å². The van der Waals surface area contributed by atoms with Gasteiger partial charge in [0.2, 0.25) is 0 Å². The van der Waals surface area contributed by atoms with Crippen LogP contribution < -0.4 is 10.0 Å². The fraction of sp³-hybridized carbons (Fsp3) is 0.217. The normalized spacial score (nSPS) is 13.7. The zero-order valence-corrected chi connectivity index (χ0v) is 18.2. The highest BCUT2D eigenvalue weighted by Crippen LogP contribution is 2.19. The highest BCUT2D eigenvalue weighted by molar-refractivity contribution is 7.90. The molecule has 0 spiro atoms. The number of amidine groups is 1. The lowest BCUT2D eigenvalue weighted by atomic mass is 10.2. The number of carbonyl (C=O) groups is 1. The molecular formula is C23H24N4O3S. The Balaban J connectivity index is 1.49. The number of nitrogens with one attached hydrogen (secondary N) is 2. The highest BCUT2D eigenvalue weighted by Gasteiger charge is 2.19. The molecule has 0 saturated carbocycles. The maximum Gasteiger partial charge on any atom is 0.262 e. The first-order valence-corrected chi connectivity index (χ1v) is 11.5. The lowest BCUT2D eigenvalue weighted by Gasteiger charge is -2.12. The molecule has 7 nitrogen and oxygen atoms in total. The number of benzene rings is 2. The lowest BCUT2D eigenvalue weighted by Crippen LogP contribution is -2.29. The zero-order chi connectivity index (χ0) is 22.0. The quantitative estimate of drug-likeness (QED) is 0.637. The van der Waals surface area contributed by atoms with Crippen molar-refractivity contribution in [3.05, 3.63) is 77.6 Å². The summed E-state index contributed by atoms with van der Waals surface area (Å²) < 4.78 is 29.8. The summed E-state index contributed by atoms with van der Waals surface area (Å²) in [6.45, 7) is 4.70. The van der Waals surface area contributed by atoms with E-state index in [-0.39, 0.29) is 10.8 Å². The number of aliphatic imine (C=N–C) groups is 1. The third-order valence-electron chi connectivity index (χ3n) is 5.19. The maximum absolute atomic E-state index is 12.7. The molecule has 1 aliphatic heterocycles. The van der Waals surface area contributed by atoms with Crippen molar-refractivity contribution in [3.8, 4) is 5.69 Å². The number of anilines is 1. The maximum atomic E-state index is 12.7. The number of nitrogens with zero attached hydrogens (tertiary/aromatic N) is 2. The van der Waals surface area contributed by atoms with Crippen LogP contribution >= 0.6 is 0 Å². The van der Waals surface area contributed by atoms with Crippen LogP contribution in [0.2, 0.25) is 0 Å². The van der Waals surface area contributed by atoms with Gasteiger partial charge in [0, 0.05) is 41.3 Å².